The monoisotopic (exact) mass is 361 g/mol. The Kier molecular flexibility index (Phi) is 5.58. The first kappa shape index (κ1) is 16.2. The molecule has 110 valence electrons. The number of amides is 1. The van der Waals surface area contributed by atoms with Crippen LogP contribution in [0.1, 0.15) is 0 Å². The minimum atomic E-state index is -0.225. The van der Waals surface area contributed by atoms with E-state index in [4.69, 9.17) is 40.5 Å². The van der Waals surface area contributed by atoms with Gasteiger partial charge >= 0.3 is 0 Å². The Morgan fingerprint density at radius 3 is 2.67 bits per heavy atom. The van der Waals surface area contributed by atoms with Crippen LogP contribution >= 0.6 is 46.6 Å². The van der Waals surface area contributed by atoms with Crippen LogP contribution in [0.3, 0.4) is 0 Å². The quantitative estimate of drug-likeness (QED) is 0.626. The first-order valence-electron chi connectivity index (χ1n) is 5.74. The van der Waals surface area contributed by atoms with Gasteiger partial charge in [-0.2, -0.15) is 0 Å². The van der Waals surface area contributed by atoms with Crippen LogP contribution in [-0.4, -0.2) is 16.6 Å². The van der Waals surface area contributed by atoms with Crippen LogP contribution < -0.4 is 11.1 Å². The number of halogens is 3. The van der Waals surface area contributed by atoms with Crippen LogP contribution in [0.4, 0.5) is 11.4 Å². The number of carbonyl (C=O) groups is 1. The van der Waals surface area contributed by atoms with Crippen molar-refractivity contribution in [3.05, 3.63) is 45.7 Å². The van der Waals surface area contributed by atoms with E-state index in [2.05, 4.69) is 10.3 Å². The van der Waals surface area contributed by atoms with E-state index in [1.165, 1.54) is 30.1 Å². The number of anilines is 2. The fourth-order valence-corrected chi connectivity index (χ4v) is 2.80. The highest BCUT2D eigenvalue weighted by molar-refractivity contribution is 8.00. The third-order valence-electron chi connectivity index (χ3n) is 2.45. The van der Waals surface area contributed by atoms with Crippen LogP contribution in [-0.2, 0) is 4.79 Å². The highest BCUT2D eigenvalue weighted by atomic mass is 35.5. The molecule has 4 nitrogen and oxygen atoms in total. The summed E-state index contributed by atoms with van der Waals surface area (Å²) in [6.07, 6.45) is 3.16. The second kappa shape index (κ2) is 7.22. The van der Waals surface area contributed by atoms with E-state index in [0.29, 0.717) is 26.4 Å². The number of hydrogen-bond acceptors (Lipinski definition) is 4. The number of aromatic nitrogens is 1. The number of nitrogens with two attached hydrogens (primary N) is 1. The minimum absolute atomic E-state index is 0.185. The van der Waals surface area contributed by atoms with Crippen molar-refractivity contribution < 1.29 is 4.79 Å². The number of pyridine rings is 1. The number of thioether (sulfide) groups is 1. The van der Waals surface area contributed by atoms with E-state index in [9.17, 15) is 4.79 Å². The standard InChI is InChI=1S/C13H10Cl3N3OS/c14-7-3-9(16)11(4-8(7)15)19-13(20)6-21-12-1-2-18-5-10(12)17/h1-5H,6,17H2,(H,19,20). The molecule has 3 N–H and O–H groups in total. The van der Waals surface area contributed by atoms with E-state index >= 15 is 0 Å². The minimum Gasteiger partial charge on any atom is -0.397 e. The van der Waals surface area contributed by atoms with Crippen molar-refractivity contribution in [2.45, 2.75) is 4.90 Å². The van der Waals surface area contributed by atoms with E-state index < -0.39 is 0 Å². The molecule has 1 aromatic carbocycles. The summed E-state index contributed by atoms with van der Waals surface area (Å²) in [6.45, 7) is 0. The molecule has 0 fully saturated rings. The van der Waals surface area contributed by atoms with E-state index in [1.54, 1.807) is 12.3 Å². The second-order valence-corrected chi connectivity index (χ2v) is 6.24. The molecule has 1 amide bonds. The molecule has 0 aliphatic rings. The van der Waals surface area contributed by atoms with Crippen molar-refractivity contribution in [1.82, 2.24) is 4.98 Å². The average Bonchev–Trinajstić information content (AvgIpc) is 2.44. The van der Waals surface area contributed by atoms with Crippen molar-refractivity contribution in [3.8, 4) is 0 Å². The topological polar surface area (TPSA) is 68.0 Å². The molecule has 1 heterocycles. The molecular formula is C13H10Cl3N3OS. The summed E-state index contributed by atoms with van der Waals surface area (Å²) in [5.41, 5.74) is 6.70. The Bertz CT molecular complexity index is 682. The Balaban J connectivity index is 1.99. The van der Waals surface area contributed by atoms with Crippen LogP contribution in [0, 0.1) is 0 Å². The SMILES string of the molecule is Nc1cnccc1SCC(=O)Nc1cc(Cl)c(Cl)cc1Cl. The summed E-state index contributed by atoms with van der Waals surface area (Å²) >= 11 is 19.0. The zero-order valence-corrected chi connectivity index (χ0v) is 13.7. The van der Waals surface area contributed by atoms with Crippen molar-refractivity contribution in [1.29, 1.82) is 0 Å². The largest absolute Gasteiger partial charge is 0.397 e. The first-order chi connectivity index (χ1) is 9.97. The summed E-state index contributed by atoms with van der Waals surface area (Å²) < 4.78 is 0. The molecule has 2 aromatic rings. The van der Waals surface area contributed by atoms with Gasteiger partial charge in [-0.15, -0.1) is 11.8 Å². The van der Waals surface area contributed by atoms with E-state index in [1.807, 2.05) is 0 Å². The zero-order chi connectivity index (χ0) is 15.4. The van der Waals surface area contributed by atoms with Gasteiger partial charge in [0.2, 0.25) is 5.91 Å². The van der Waals surface area contributed by atoms with Crippen molar-refractivity contribution in [2.75, 3.05) is 16.8 Å². The molecule has 21 heavy (non-hydrogen) atoms. The van der Waals surface area contributed by atoms with Crippen molar-refractivity contribution in [3.63, 3.8) is 0 Å². The number of carbonyl (C=O) groups excluding carboxylic acids is 1. The van der Waals surface area contributed by atoms with Crippen LogP contribution in [0.2, 0.25) is 15.1 Å². The average molecular weight is 363 g/mol. The Morgan fingerprint density at radius 2 is 1.95 bits per heavy atom. The Hall–Kier alpha value is -1.14. The third kappa shape index (κ3) is 4.41. The van der Waals surface area contributed by atoms with Gasteiger partial charge in [0.1, 0.15) is 0 Å². The van der Waals surface area contributed by atoms with Crippen molar-refractivity contribution in [2.24, 2.45) is 0 Å². The normalized spacial score (nSPS) is 10.4. The summed E-state index contributed by atoms with van der Waals surface area (Å²) in [6, 6.07) is 4.74. The predicted octanol–water partition coefficient (Wildman–Crippen LogP) is 4.35. The smallest absolute Gasteiger partial charge is 0.234 e. The first-order valence-corrected chi connectivity index (χ1v) is 7.86. The van der Waals surface area contributed by atoms with Gasteiger partial charge < -0.3 is 11.1 Å². The zero-order valence-electron chi connectivity index (χ0n) is 10.6. The number of hydrogen-bond donors (Lipinski definition) is 2. The lowest BCUT2D eigenvalue weighted by atomic mass is 10.3. The molecule has 0 radical (unpaired) electrons. The molecule has 0 atom stereocenters. The molecule has 0 bridgehead atoms. The number of benzene rings is 1. The summed E-state index contributed by atoms with van der Waals surface area (Å²) in [5.74, 6) is -0.0402. The van der Waals surface area contributed by atoms with Gasteiger partial charge in [0.05, 0.1) is 38.4 Å². The van der Waals surface area contributed by atoms with Gasteiger partial charge in [-0.25, -0.2) is 0 Å². The van der Waals surface area contributed by atoms with E-state index in [-0.39, 0.29) is 11.7 Å². The summed E-state index contributed by atoms with van der Waals surface area (Å²) in [7, 11) is 0. The lowest BCUT2D eigenvalue weighted by Gasteiger charge is -2.09. The number of nitrogens with one attached hydrogen (secondary N) is 1. The third-order valence-corrected chi connectivity index (χ3v) is 4.58. The highest BCUT2D eigenvalue weighted by Crippen LogP contribution is 2.32. The fraction of sp³-hybridized carbons (Fsp3) is 0.0769. The Labute approximate surface area is 141 Å². The predicted molar refractivity (Wildman–Crippen MR) is 89.5 cm³/mol. The number of rotatable bonds is 4. The van der Waals surface area contributed by atoms with Gasteiger partial charge in [-0.1, -0.05) is 34.8 Å². The molecule has 0 saturated heterocycles. The van der Waals surface area contributed by atoms with Gasteiger partial charge in [0.15, 0.2) is 0 Å². The van der Waals surface area contributed by atoms with Gasteiger partial charge in [0.25, 0.3) is 0 Å². The summed E-state index contributed by atoms with van der Waals surface area (Å²) in [5, 5.41) is 3.66. The number of nitrogen functional groups attached to an aromatic ring is 1. The lowest BCUT2D eigenvalue weighted by molar-refractivity contribution is -0.113. The molecule has 1 aromatic heterocycles. The van der Waals surface area contributed by atoms with E-state index in [0.717, 1.165) is 4.90 Å². The lowest BCUT2D eigenvalue weighted by Crippen LogP contribution is -2.14. The van der Waals surface area contributed by atoms with Crippen LogP contribution in [0.5, 0.6) is 0 Å². The molecule has 0 saturated carbocycles. The molecule has 2 rings (SSSR count). The maximum Gasteiger partial charge on any atom is 0.234 e. The van der Waals surface area contributed by atoms with Gasteiger partial charge in [-0.3, -0.25) is 9.78 Å². The van der Waals surface area contributed by atoms with Gasteiger partial charge in [0, 0.05) is 11.1 Å². The molecule has 0 aliphatic heterocycles. The molecular weight excluding hydrogens is 353 g/mol. The maximum absolute atomic E-state index is 11.9. The van der Waals surface area contributed by atoms with Crippen molar-refractivity contribution >= 4 is 63.8 Å². The summed E-state index contributed by atoms with van der Waals surface area (Å²) in [4.78, 5) is 16.6. The second-order valence-electron chi connectivity index (χ2n) is 4.00. The maximum atomic E-state index is 11.9. The van der Waals surface area contributed by atoms with Crippen LogP contribution in [0.15, 0.2) is 35.5 Å². The fourth-order valence-electron chi connectivity index (χ4n) is 1.47. The van der Waals surface area contributed by atoms with Crippen LogP contribution in [0.25, 0.3) is 0 Å². The molecule has 8 heteroatoms. The molecule has 0 unspecified atom stereocenters. The number of nitrogens with zero attached hydrogens (tertiary/aromatic N) is 1. The molecule has 0 spiro atoms. The van der Waals surface area contributed by atoms with Gasteiger partial charge in [-0.05, 0) is 18.2 Å². The Morgan fingerprint density at radius 1 is 1.24 bits per heavy atom. The molecule has 0 aliphatic carbocycles. The highest BCUT2D eigenvalue weighted by Gasteiger charge is 2.10.